The molecule has 0 spiro atoms. The van der Waals surface area contributed by atoms with Gasteiger partial charge in [-0.15, -0.1) is 0 Å². The molecule has 3 heteroatoms. The first-order valence-electron chi connectivity index (χ1n) is 8.73. The molecule has 1 aliphatic carbocycles. The van der Waals surface area contributed by atoms with Crippen LogP contribution in [0.4, 0.5) is 0 Å². The maximum absolute atomic E-state index is 13.2. The van der Waals surface area contributed by atoms with Gasteiger partial charge >= 0.3 is 0 Å². The Bertz CT molecular complexity index is 556. The zero-order chi connectivity index (χ0) is 17.8. The molecule has 3 nitrogen and oxygen atoms in total. The van der Waals surface area contributed by atoms with Crippen LogP contribution in [0.1, 0.15) is 52.4 Å². The number of carbonyl (C=O) groups excluding carboxylic acids is 1. The molecule has 1 aliphatic rings. The van der Waals surface area contributed by atoms with E-state index in [0.29, 0.717) is 5.84 Å². The summed E-state index contributed by atoms with van der Waals surface area (Å²) in [5.41, 5.74) is 0.444. The number of rotatable bonds is 6. The highest BCUT2D eigenvalue weighted by Crippen LogP contribution is 2.42. The fraction of sp³-hybridized carbons (Fsp3) is 0.429. The summed E-state index contributed by atoms with van der Waals surface area (Å²) in [6.45, 7) is 11.4. The molecule has 0 aromatic rings. The number of amides is 1. The van der Waals surface area contributed by atoms with E-state index in [1.54, 1.807) is 6.08 Å². The summed E-state index contributed by atoms with van der Waals surface area (Å²) in [5.74, 6) is 0.523. The number of carbonyl (C=O) groups is 1. The first-order chi connectivity index (χ1) is 11.6. The van der Waals surface area contributed by atoms with Gasteiger partial charge in [0.05, 0.1) is 5.41 Å². The van der Waals surface area contributed by atoms with E-state index in [1.165, 1.54) is 19.0 Å². The van der Waals surface area contributed by atoms with Gasteiger partial charge in [-0.2, -0.15) is 0 Å². The minimum absolute atomic E-state index is 0.00115. The van der Waals surface area contributed by atoms with Crippen LogP contribution in [0.5, 0.6) is 0 Å². The maximum Gasteiger partial charge on any atom is 0.236 e. The van der Waals surface area contributed by atoms with Gasteiger partial charge in [0.1, 0.15) is 5.84 Å². The van der Waals surface area contributed by atoms with Crippen molar-refractivity contribution in [3.8, 4) is 0 Å². The number of aliphatic imine (C=N–C) groups is 1. The Hall–Kier alpha value is -2.16. The molecule has 0 atom stereocenters. The fourth-order valence-corrected chi connectivity index (χ4v) is 3.21. The molecular weight excluding hydrogens is 296 g/mol. The summed E-state index contributed by atoms with van der Waals surface area (Å²) in [6, 6.07) is 0. The summed E-state index contributed by atoms with van der Waals surface area (Å²) in [4.78, 5) is 17.4. The smallest absolute Gasteiger partial charge is 0.236 e. The van der Waals surface area contributed by atoms with Gasteiger partial charge in [0, 0.05) is 6.20 Å². The predicted molar refractivity (Wildman–Crippen MR) is 104 cm³/mol. The van der Waals surface area contributed by atoms with E-state index in [1.807, 2.05) is 44.2 Å². The molecule has 0 aromatic heterocycles. The number of amidine groups is 1. The van der Waals surface area contributed by atoms with E-state index in [4.69, 9.17) is 0 Å². The minimum atomic E-state index is -0.540. The average Bonchev–Trinajstić information content (AvgIpc) is 2.83. The molecule has 1 amide bonds. The van der Waals surface area contributed by atoms with E-state index < -0.39 is 5.41 Å². The normalized spacial score (nSPS) is 19.2. The largest absolute Gasteiger partial charge is 0.310 e. The van der Waals surface area contributed by atoms with Crippen molar-refractivity contribution in [2.45, 2.75) is 52.4 Å². The van der Waals surface area contributed by atoms with E-state index >= 15 is 0 Å². The van der Waals surface area contributed by atoms with Crippen LogP contribution in [-0.2, 0) is 4.79 Å². The van der Waals surface area contributed by atoms with Gasteiger partial charge in [-0.3, -0.25) is 4.79 Å². The number of hydrogen-bond acceptors (Lipinski definition) is 2. The molecule has 0 aliphatic heterocycles. The number of nitrogens with one attached hydrogen (secondary N) is 1. The SMILES string of the molecule is C=CN=C(/C=C\C)NC(=O)C1(/C(C=C)=C/C=C\C)CCCCCC1. The van der Waals surface area contributed by atoms with Crippen LogP contribution in [0.25, 0.3) is 0 Å². The van der Waals surface area contributed by atoms with E-state index in [2.05, 4.69) is 23.5 Å². The van der Waals surface area contributed by atoms with Crippen LogP contribution in [0.3, 0.4) is 0 Å². The van der Waals surface area contributed by atoms with Crippen molar-refractivity contribution in [2.24, 2.45) is 10.4 Å². The lowest BCUT2D eigenvalue weighted by Gasteiger charge is -2.32. The highest BCUT2D eigenvalue weighted by molar-refractivity contribution is 6.07. The van der Waals surface area contributed by atoms with Crippen molar-refractivity contribution in [1.29, 1.82) is 0 Å². The van der Waals surface area contributed by atoms with Gasteiger partial charge in [0.15, 0.2) is 0 Å². The number of allylic oxidation sites excluding steroid dienone is 5. The lowest BCUT2D eigenvalue weighted by atomic mass is 9.72. The Labute approximate surface area is 146 Å². The van der Waals surface area contributed by atoms with E-state index in [9.17, 15) is 4.79 Å². The fourth-order valence-electron chi connectivity index (χ4n) is 3.21. The van der Waals surface area contributed by atoms with Crippen LogP contribution in [0.2, 0.25) is 0 Å². The van der Waals surface area contributed by atoms with Crippen LogP contribution in [0.15, 0.2) is 66.4 Å². The molecule has 1 saturated carbocycles. The quantitative estimate of drug-likeness (QED) is 0.308. The molecule has 1 fully saturated rings. The maximum atomic E-state index is 13.2. The van der Waals surface area contributed by atoms with Gasteiger partial charge in [0.25, 0.3) is 0 Å². The van der Waals surface area contributed by atoms with Crippen molar-refractivity contribution in [3.05, 3.63) is 61.4 Å². The third kappa shape index (κ3) is 5.19. The van der Waals surface area contributed by atoms with Gasteiger partial charge in [-0.05, 0) is 38.3 Å². The second-order valence-corrected chi connectivity index (χ2v) is 6.00. The Kier molecular flexibility index (Phi) is 8.77. The van der Waals surface area contributed by atoms with Crippen LogP contribution in [0, 0.1) is 5.41 Å². The molecule has 0 unspecified atom stereocenters. The van der Waals surface area contributed by atoms with Gasteiger partial charge in [-0.1, -0.05) is 69.2 Å². The minimum Gasteiger partial charge on any atom is -0.310 e. The third-order valence-electron chi connectivity index (χ3n) is 4.43. The van der Waals surface area contributed by atoms with Gasteiger partial charge in [0.2, 0.25) is 5.91 Å². The third-order valence-corrected chi connectivity index (χ3v) is 4.43. The Morgan fingerprint density at radius 2 is 1.75 bits per heavy atom. The topological polar surface area (TPSA) is 41.5 Å². The van der Waals surface area contributed by atoms with Gasteiger partial charge < -0.3 is 5.32 Å². The van der Waals surface area contributed by atoms with E-state index in [-0.39, 0.29) is 5.91 Å². The Morgan fingerprint density at radius 3 is 2.25 bits per heavy atom. The van der Waals surface area contributed by atoms with Crippen molar-refractivity contribution >= 4 is 11.7 Å². The zero-order valence-corrected chi connectivity index (χ0v) is 15.1. The molecule has 24 heavy (non-hydrogen) atoms. The molecule has 0 heterocycles. The molecule has 0 radical (unpaired) electrons. The lowest BCUT2D eigenvalue weighted by molar-refractivity contribution is -0.128. The van der Waals surface area contributed by atoms with Gasteiger partial charge in [-0.25, -0.2) is 4.99 Å². The first kappa shape index (κ1) is 19.9. The average molecular weight is 326 g/mol. The molecule has 1 N–H and O–H groups in total. The molecule has 0 saturated heterocycles. The summed E-state index contributed by atoms with van der Waals surface area (Å²) >= 11 is 0. The molecule has 0 bridgehead atoms. The second-order valence-electron chi connectivity index (χ2n) is 6.00. The van der Waals surface area contributed by atoms with Crippen molar-refractivity contribution < 1.29 is 4.79 Å². The van der Waals surface area contributed by atoms with Crippen LogP contribution in [-0.4, -0.2) is 11.7 Å². The molecule has 130 valence electrons. The first-order valence-corrected chi connectivity index (χ1v) is 8.73. The van der Waals surface area contributed by atoms with Crippen LogP contribution >= 0.6 is 0 Å². The van der Waals surface area contributed by atoms with Crippen molar-refractivity contribution in [1.82, 2.24) is 5.32 Å². The monoisotopic (exact) mass is 326 g/mol. The lowest BCUT2D eigenvalue weighted by Crippen LogP contribution is -2.44. The summed E-state index contributed by atoms with van der Waals surface area (Å²) in [5, 5.41) is 2.99. The Morgan fingerprint density at radius 1 is 1.08 bits per heavy atom. The summed E-state index contributed by atoms with van der Waals surface area (Å²) in [7, 11) is 0. The van der Waals surface area contributed by atoms with Crippen molar-refractivity contribution in [2.75, 3.05) is 0 Å². The summed E-state index contributed by atoms with van der Waals surface area (Å²) < 4.78 is 0. The highest BCUT2D eigenvalue weighted by atomic mass is 16.2. The van der Waals surface area contributed by atoms with E-state index in [0.717, 1.165) is 31.3 Å². The molecule has 0 aromatic carbocycles. The standard InChI is InChI=1S/C21H30N2O/c1-5-9-15-18(7-3)21(16-12-10-11-13-17-21)20(24)23-19(14-6-2)22-8-4/h5-9,14-15H,3-4,10-13,16-17H2,1-2H3,(H,22,23,24)/b9-5-,14-6-,18-15+. The van der Waals surface area contributed by atoms with Crippen LogP contribution < -0.4 is 5.32 Å². The highest BCUT2D eigenvalue weighted by Gasteiger charge is 2.40. The molecular formula is C21H30N2O. The number of hydrogen-bond donors (Lipinski definition) is 1. The van der Waals surface area contributed by atoms with Crippen molar-refractivity contribution in [3.63, 3.8) is 0 Å². The second kappa shape index (κ2) is 10.6. The zero-order valence-electron chi connectivity index (χ0n) is 15.1. The summed E-state index contributed by atoms with van der Waals surface area (Å²) in [6.07, 6.45) is 19.0. The predicted octanol–water partition coefficient (Wildman–Crippen LogP) is 5.25. The number of nitrogens with zero attached hydrogens (tertiary/aromatic N) is 1. The molecule has 1 rings (SSSR count). The Balaban J connectivity index is 3.25.